The molecule has 3 aromatic carbocycles. The van der Waals surface area contributed by atoms with Crippen molar-refractivity contribution in [3.05, 3.63) is 89.2 Å². The maximum atomic E-state index is 13.3. The minimum Gasteiger partial charge on any atom is -0.354 e. The highest BCUT2D eigenvalue weighted by atomic mass is 35.5. The molecule has 0 aliphatic heterocycles. The summed E-state index contributed by atoms with van der Waals surface area (Å²) in [5, 5.41) is 6.04. The van der Waals surface area contributed by atoms with Gasteiger partial charge in [0.25, 0.3) is 0 Å². The number of H-pyrrole nitrogens is 1. The lowest BCUT2D eigenvalue weighted by atomic mass is 10.1. The van der Waals surface area contributed by atoms with E-state index in [4.69, 9.17) is 11.6 Å². The summed E-state index contributed by atoms with van der Waals surface area (Å²) in [5.41, 5.74) is 7.51. The summed E-state index contributed by atoms with van der Waals surface area (Å²) in [6.07, 6.45) is 1.76. The molecule has 0 unspecified atom stereocenters. The number of nitrogens with zero attached hydrogens (tertiary/aromatic N) is 1. The fourth-order valence-corrected chi connectivity index (χ4v) is 3.06. The summed E-state index contributed by atoms with van der Waals surface area (Å²) in [4.78, 5) is 3.40. The van der Waals surface area contributed by atoms with Gasteiger partial charge in [0.2, 0.25) is 0 Å². The Bertz CT molecular complexity index is 1080. The maximum Gasteiger partial charge on any atom is 0.123 e. The number of hydrogen-bond donors (Lipinski definition) is 2. The number of anilines is 1. The molecule has 4 aromatic rings. The number of benzene rings is 3. The number of aromatic nitrogens is 1. The van der Waals surface area contributed by atoms with Crippen molar-refractivity contribution in [2.45, 2.75) is 0 Å². The Morgan fingerprint density at radius 1 is 0.962 bits per heavy atom. The number of rotatable bonds is 4. The number of para-hydroxylation sites is 1. The predicted octanol–water partition coefficient (Wildman–Crippen LogP) is 6.07. The van der Waals surface area contributed by atoms with Crippen molar-refractivity contribution >= 4 is 34.4 Å². The second-order valence-corrected chi connectivity index (χ2v) is 6.28. The number of hydrazone groups is 1. The van der Waals surface area contributed by atoms with Gasteiger partial charge in [0, 0.05) is 21.5 Å². The van der Waals surface area contributed by atoms with Crippen molar-refractivity contribution < 1.29 is 4.39 Å². The van der Waals surface area contributed by atoms with Crippen LogP contribution in [0.25, 0.3) is 22.2 Å². The first-order valence-electron chi connectivity index (χ1n) is 8.12. The van der Waals surface area contributed by atoms with Crippen molar-refractivity contribution in [1.29, 1.82) is 0 Å². The van der Waals surface area contributed by atoms with Gasteiger partial charge < -0.3 is 4.98 Å². The van der Waals surface area contributed by atoms with Crippen LogP contribution in [0.4, 0.5) is 10.1 Å². The first-order chi connectivity index (χ1) is 12.7. The van der Waals surface area contributed by atoms with E-state index in [9.17, 15) is 4.39 Å². The molecule has 0 spiro atoms. The van der Waals surface area contributed by atoms with E-state index in [1.165, 1.54) is 12.1 Å². The van der Waals surface area contributed by atoms with Crippen molar-refractivity contribution in [2.75, 3.05) is 5.43 Å². The molecule has 0 saturated heterocycles. The zero-order valence-corrected chi connectivity index (χ0v) is 14.5. The van der Waals surface area contributed by atoms with E-state index >= 15 is 0 Å². The lowest BCUT2D eigenvalue weighted by Crippen LogP contribution is -1.92. The lowest BCUT2D eigenvalue weighted by molar-refractivity contribution is 0.628. The average molecular weight is 364 g/mol. The van der Waals surface area contributed by atoms with Crippen LogP contribution >= 0.6 is 11.6 Å². The molecule has 0 aliphatic rings. The SMILES string of the molecule is Fc1ccc(-c2[nH]c3ccccc3c2/C=N/Nc2cccc(Cl)c2)cc1. The molecule has 0 saturated carbocycles. The molecule has 0 fully saturated rings. The van der Waals surface area contributed by atoms with Gasteiger partial charge in [-0.15, -0.1) is 0 Å². The van der Waals surface area contributed by atoms with Gasteiger partial charge >= 0.3 is 0 Å². The van der Waals surface area contributed by atoms with Crippen molar-refractivity contribution in [3.63, 3.8) is 0 Å². The third-order valence-electron chi connectivity index (χ3n) is 4.09. The van der Waals surface area contributed by atoms with Gasteiger partial charge in [0.05, 0.1) is 17.6 Å². The number of hydrogen-bond acceptors (Lipinski definition) is 2. The van der Waals surface area contributed by atoms with Gasteiger partial charge in [0.1, 0.15) is 5.82 Å². The van der Waals surface area contributed by atoms with Crippen molar-refractivity contribution in [3.8, 4) is 11.3 Å². The van der Waals surface area contributed by atoms with Gasteiger partial charge in [0.15, 0.2) is 0 Å². The largest absolute Gasteiger partial charge is 0.354 e. The Kier molecular flexibility index (Phi) is 4.42. The minimum atomic E-state index is -0.261. The summed E-state index contributed by atoms with van der Waals surface area (Å²) < 4.78 is 13.3. The normalized spacial score (nSPS) is 11.3. The van der Waals surface area contributed by atoms with E-state index in [0.29, 0.717) is 5.02 Å². The van der Waals surface area contributed by atoms with E-state index in [1.807, 2.05) is 42.5 Å². The molecule has 4 rings (SSSR count). The molecule has 0 radical (unpaired) electrons. The molecule has 3 nitrogen and oxygen atoms in total. The Balaban J connectivity index is 1.74. The van der Waals surface area contributed by atoms with Crippen molar-refractivity contribution in [1.82, 2.24) is 4.98 Å². The summed E-state index contributed by atoms with van der Waals surface area (Å²) in [6.45, 7) is 0. The zero-order chi connectivity index (χ0) is 17.9. The smallest absolute Gasteiger partial charge is 0.123 e. The van der Waals surface area contributed by atoms with Gasteiger partial charge in [-0.1, -0.05) is 35.9 Å². The van der Waals surface area contributed by atoms with Crippen LogP contribution in [0, 0.1) is 5.82 Å². The molecule has 0 bridgehead atoms. The molecule has 1 aromatic heterocycles. The van der Waals surface area contributed by atoms with Gasteiger partial charge in [-0.3, -0.25) is 5.43 Å². The quantitative estimate of drug-likeness (QED) is 0.335. The summed E-state index contributed by atoms with van der Waals surface area (Å²) in [6, 6.07) is 21.7. The summed E-state index contributed by atoms with van der Waals surface area (Å²) in [7, 11) is 0. The minimum absolute atomic E-state index is 0.261. The van der Waals surface area contributed by atoms with Crippen molar-refractivity contribution in [2.24, 2.45) is 5.10 Å². The molecule has 2 N–H and O–H groups in total. The fourth-order valence-electron chi connectivity index (χ4n) is 2.87. The molecule has 1 heterocycles. The van der Waals surface area contributed by atoms with Gasteiger partial charge in [-0.05, 0) is 54.1 Å². The summed E-state index contributed by atoms with van der Waals surface area (Å²) >= 11 is 5.99. The Morgan fingerprint density at radius 3 is 2.58 bits per heavy atom. The number of fused-ring (bicyclic) bond motifs is 1. The van der Waals surface area contributed by atoms with Crippen LogP contribution in [0.15, 0.2) is 77.9 Å². The topological polar surface area (TPSA) is 40.2 Å². The maximum absolute atomic E-state index is 13.3. The Labute approximate surface area is 155 Å². The standard InChI is InChI=1S/C21H15ClFN3/c22-15-4-3-5-17(12-15)26-24-13-19-18-6-1-2-7-20(18)25-21(19)14-8-10-16(23)11-9-14/h1-13,25-26H/b24-13+. The van der Waals surface area contributed by atoms with E-state index < -0.39 is 0 Å². The first-order valence-corrected chi connectivity index (χ1v) is 8.50. The molecule has 0 aliphatic carbocycles. The second kappa shape index (κ2) is 7.02. The monoisotopic (exact) mass is 363 g/mol. The highest BCUT2D eigenvalue weighted by Gasteiger charge is 2.11. The van der Waals surface area contributed by atoms with Crippen LogP contribution in [0.1, 0.15) is 5.56 Å². The Morgan fingerprint density at radius 2 is 1.77 bits per heavy atom. The summed E-state index contributed by atoms with van der Waals surface area (Å²) in [5.74, 6) is -0.261. The predicted molar refractivity (Wildman–Crippen MR) is 106 cm³/mol. The van der Waals surface area contributed by atoms with Crippen LogP contribution in [0.5, 0.6) is 0 Å². The van der Waals surface area contributed by atoms with Crippen LogP contribution in [0.3, 0.4) is 0 Å². The molecular weight excluding hydrogens is 349 g/mol. The number of aromatic amines is 1. The number of nitrogens with one attached hydrogen (secondary N) is 2. The Hall–Kier alpha value is -3.11. The third kappa shape index (κ3) is 3.32. The third-order valence-corrected chi connectivity index (χ3v) is 4.33. The average Bonchev–Trinajstić information content (AvgIpc) is 3.01. The van der Waals surface area contributed by atoms with E-state index in [-0.39, 0.29) is 5.82 Å². The van der Waals surface area contributed by atoms with Gasteiger partial charge in [-0.2, -0.15) is 5.10 Å². The second-order valence-electron chi connectivity index (χ2n) is 5.85. The lowest BCUT2D eigenvalue weighted by Gasteiger charge is -2.02. The van der Waals surface area contributed by atoms with E-state index in [2.05, 4.69) is 15.5 Å². The highest BCUT2D eigenvalue weighted by molar-refractivity contribution is 6.30. The first kappa shape index (κ1) is 16.4. The fraction of sp³-hybridized carbons (Fsp3) is 0. The molecule has 26 heavy (non-hydrogen) atoms. The molecular formula is C21H15ClFN3. The van der Waals surface area contributed by atoms with Crippen LogP contribution in [0.2, 0.25) is 5.02 Å². The van der Waals surface area contributed by atoms with Crippen LogP contribution < -0.4 is 5.43 Å². The molecule has 5 heteroatoms. The number of halogens is 2. The highest BCUT2D eigenvalue weighted by Crippen LogP contribution is 2.29. The molecule has 128 valence electrons. The zero-order valence-electron chi connectivity index (χ0n) is 13.7. The molecule has 0 amide bonds. The molecule has 0 atom stereocenters. The van der Waals surface area contributed by atoms with Gasteiger partial charge in [-0.25, -0.2) is 4.39 Å². The van der Waals surface area contributed by atoms with E-state index in [1.54, 1.807) is 24.4 Å². The van der Waals surface area contributed by atoms with Crippen LogP contribution in [-0.2, 0) is 0 Å². The van der Waals surface area contributed by atoms with E-state index in [0.717, 1.165) is 33.4 Å². The van der Waals surface area contributed by atoms with Crippen LogP contribution in [-0.4, -0.2) is 11.2 Å².